The first-order valence-corrected chi connectivity index (χ1v) is 15.8. The Balaban J connectivity index is 1.40. The summed E-state index contributed by atoms with van der Waals surface area (Å²) in [6.07, 6.45) is -1.15. The van der Waals surface area contributed by atoms with Gasteiger partial charge in [-0.05, 0) is 57.0 Å². The molecule has 0 radical (unpaired) electrons. The molecule has 4 aromatic rings. The van der Waals surface area contributed by atoms with E-state index in [9.17, 15) is 22.4 Å². The van der Waals surface area contributed by atoms with E-state index in [2.05, 4.69) is 19.9 Å². The Bertz CT molecular complexity index is 1850. The van der Waals surface area contributed by atoms with Gasteiger partial charge in [-0.2, -0.15) is 23.1 Å². The minimum Gasteiger partial charge on any atom is -0.461 e. The highest BCUT2D eigenvalue weighted by Crippen LogP contribution is 2.46. The number of benzene rings is 2. The zero-order valence-electron chi connectivity index (χ0n) is 24.8. The van der Waals surface area contributed by atoms with Gasteiger partial charge in [0.25, 0.3) is 0 Å². The lowest BCUT2D eigenvalue weighted by atomic mass is 9.95. The van der Waals surface area contributed by atoms with Crippen molar-refractivity contribution in [3.8, 4) is 17.1 Å². The van der Waals surface area contributed by atoms with Crippen LogP contribution in [-0.2, 0) is 11.0 Å². The van der Waals surface area contributed by atoms with Gasteiger partial charge in [-0.1, -0.05) is 11.3 Å². The molecule has 0 aliphatic carbocycles. The summed E-state index contributed by atoms with van der Waals surface area (Å²) in [5, 5.41) is -0.266. The van der Waals surface area contributed by atoms with Gasteiger partial charge in [0.1, 0.15) is 23.8 Å². The van der Waals surface area contributed by atoms with Gasteiger partial charge >= 0.3 is 12.2 Å². The molecule has 2 aromatic heterocycles. The number of hydrogen-bond acceptors (Lipinski definition) is 10. The van der Waals surface area contributed by atoms with Crippen LogP contribution in [0.25, 0.3) is 32.2 Å². The lowest BCUT2D eigenvalue weighted by molar-refractivity contribution is -0.137. The number of likely N-dealkylation sites (tertiary alicyclic amines) is 1. The predicted molar refractivity (Wildman–Crippen MR) is 164 cm³/mol. The number of amides is 1. The number of nitrogen functional groups attached to an aromatic ring is 1. The first-order valence-electron chi connectivity index (χ1n) is 14.9. The maximum atomic E-state index is 16.8. The standard InChI is InChI=1S/C30H31F5N8O2S/c1-41(15-12-42(13-15)20(44)11-36)26-17-10-18(30(33,34)35)21(16-4-5-19(31)25-24(16)38-27(37)46-25)22(32)23(17)39-28(40-26)45-14-29-6-2-8-43(29)9-3-7-29/h4-5,10,15H,2-3,6-9,11-14,36H2,1H3,(H2,37,38). The molecule has 7 rings (SSSR count). The molecular weight excluding hydrogens is 631 g/mol. The molecule has 0 spiro atoms. The zero-order chi connectivity index (χ0) is 32.5. The molecule has 3 fully saturated rings. The van der Waals surface area contributed by atoms with Crippen molar-refractivity contribution in [2.75, 3.05) is 57.0 Å². The quantitative estimate of drug-likeness (QED) is 0.277. The van der Waals surface area contributed by atoms with Crippen LogP contribution in [0, 0.1) is 11.6 Å². The van der Waals surface area contributed by atoms with Crippen molar-refractivity contribution in [3.63, 3.8) is 0 Å². The van der Waals surface area contributed by atoms with Crippen molar-refractivity contribution in [3.05, 3.63) is 35.4 Å². The summed E-state index contributed by atoms with van der Waals surface area (Å²) in [6, 6.07) is 2.33. The largest absolute Gasteiger partial charge is 0.461 e. The van der Waals surface area contributed by atoms with E-state index in [0.717, 1.165) is 68.3 Å². The van der Waals surface area contributed by atoms with Crippen molar-refractivity contribution >= 4 is 49.3 Å². The highest BCUT2D eigenvalue weighted by atomic mass is 32.1. The third-order valence-corrected chi connectivity index (χ3v) is 10.4. The molecule has 0 bridgehead atoms. The fraction of sp³-hybridized carbons (Fsp3) is 0.467. The molecule has 0 saturated carbocycles. The Labute approximate surface area is 264 Å². The van der Waals surface area contributed by atoms with Crippen LogP contribution in [0.1, 0.15) is 31.2 Å². The zero-order valence-corrected chi connectivity index (χ0v) is 25.6. The number of rotatable bonds is 7. The Morgan fingerprint density at radius 2 is 1.85 bits per heavy atom. The van der Waals surface area contributed by atoms with Crippen molar-refractivity contribution in [2.45, 2.75) is 43.4 Å². The summed E-state index contributed by atoms with van der Waals surface area (Å²) in [7, 11) is 1.62. The summed E-state index contributed by atoms with van der Waals surface area (Å²) in [5.41, 5.74) is 8.10. The van der Waals surface area contributed by atoms with Crippen molar-refractivity contribution < 1.29 is 31.5 Å². The third kappa shape index (κ3) is 4.97. The SMILES string of the molecule is CN(c1nc(OCC23CCCN2CCC3)nc2c(F)c(-c3ccc(F)c4sc(N)nc34)c(C(F)(F)F)cc12)C1CN(C(=O)CN)C1. The molecule has 244 valence electrons. The number of hydrogen-bond donors (Lipinski definition) is 2. The normalized spacial score (nSPS) is 18.4. The number of likely N-dealkylation sites (N-methyl/N-ethyl adjacent to an activating group) is 1. The van der Waals surface area contributed by atoms with Crippen LogP contribution in [0.2, 0.25) is 0 Å². The maximum absolute atomic E-state index is 16.8. The number of thiazole rings is 1. The minimum absolute atomic E-state index is 0.0233. The van der Waals surface area contributed by atoms with E-state index in [4.69, 9.17) is 16.2 Å². The Morgan fingerprint density at radius 3 is 2.52 bits per heavy atom. The summed E-state index contributed by atoms with van der Waals surface area (Å²) in [5.74, 6) is -2.25. The molecule has 2 aromatic carbocycles. The number of carbonyl (C=O) groups is 1. The first-order chi connectivity index (χ1) is 21.9. The second kappa shape index (κ2) is 11.1. The van der Waals surface area contributed by atoms with Crippen LogP contribution in [0.5, 0.6) is 6.01 Å². The van der Waals surface area contributed by atoms with Gasteiger partial charge in [0.05, 0.1) is 33.9 Å². The lowest BCUT2D eigenvalue weighted by Gasteiger charge is -2.44. The topological polar surface area (TPSA) is 127 Å². The Morgan fingerprint density at radius 1 is 1.13 bits per heavy atom. The fourth-order valence-corrected chi connectivity index (χ4v) is 7.83. The van der Waals surface area contributed by atoms with Crippen molar-refractivity contribution in [1.82, 2.24) is 24.8 Å². The van der Waals surface area contributed by atoms with E-state index in [-0.39, 0.29) is 81.9 Å². The van der Waals surface area contributed by atoms with Gasteiger partial charge in [-0.25, -0.2) is 13.8 Å². The Kier molecular flexibility index (Phi) is 7.44. The van der Waals surface area contributed by atoms with Crippen LogP contribution < -0.4 is 21.1 Å². The van der Waals surface area contributed by atoms with Crippen LogP contribution in [0.4, 0.5) is 32.9 Å². The Hall–Kier alpha value is -3.89. The molecule has 46 heavy (non-hydrogen) atoms. The average molecular weight is 663 g/mol. The van der Waals surface area contributed by atoms with Crippen LogP contribution in [-0.4, -0.2) is 88.6 Å². The number of ether oxygens (including phenoxy) is 1. The molecule has 1 amide bonds. The number of nitrogens with two attached hydrogens (primary N) is 2. The molecule has 0 atom stereocenters. The predicted octanol–water partition coefficient (Wildman–Crippen LogP) is 4.40. The van der Waals surface area contributed by atoms with E-state index in [1.54, 1.807) is 11.9 Å². The monoisotopic (exact) mass is 662 g/mol. The number of alkyl halides is 3. The number of carbonyl (C=O) groups excluding carboxylic acids is 1. The van der Waals surface area contributed by atoms with Gasteiger partial charge in [-0.3, -0.25) is 9.69 Å². The molecule has 4 N–H and O–H groups in total. The molecule has 0 unspecified atom stereocenters. The van der Waals surface area contributed by atoms with Crippen molar-refractivity contribution in [1.29, 1.82) is 0 Å². The van der Waals surface area contributed by atoms with E-state index in [0.29, 0.717) is 0 Å². The highest BCUT2D eigenvalue weighted by molar-refractivity contribution is 7.22. The van der Waals surface area contributed by atoms with Crippen LogP contribution in [0.15, 0.2) is 18.2 Å². The van der Waals surface area contributed by atoms with E-state index >= 15 is 4.39 Å². The maximum Gasteiger partial charge on any atom is 0.417 e. The fourth-order valence-electron chi connectivity index (χ4n) is 7.07. The van der Waals surface area contributed by atoms with Gasteiger partial charge in [0.15, 0.2) is 10.9 Å². The second-order valence-electron chi connectivity index (χ2n) is 12.1. The molecule has 3 aliphatic heterocycles. The number of halogens is 5. The van der Waals surface area contributed by atoms with E-state index in [1.165, 1.54) is 4.90 Å². The number of anilines is 2. The molecule has 10 nitrogen and oxygen atoms in total. The molecule has 5 heterocycles. The lowest BCUT2D eigenvalue weighted by Crippen LogP contribution is -2.61. The summed E-state index contributed by atoms with van der Waals surface area (Å²) in [6.45, 7) is 2.49. The van der Waals surface area contributed by atoms with Gasteiger partial charge < -0.3 is 26.0 Å². The molecule has 3 aliphatic rings. The molecular formula is C30H31F5N8O2S. The van der Waals surface area contributed by atoms with E-state index < -0.39 is 34.5 Å². The van der Waals surface area contributed by atoms with E-state index in [1.807, 2.05) is 0 Å². The van der Waals surface area contributed by atoms with Crippen LogP contribution >= 0.6 is 11.3 Å². The number of fused-ring (bicyclic) bond motifs is 3. The van der Waals surface area contributed by atoms with Gasteiger partial charge in [0.2, 0.25) is 5.91 Å². The van der Waals surface area contributed by atoms with Gasteiger partial charge in [-0.15, -0.1) is 0 Å². The van der Waals surface area contributed by atoms with Crippen molar-refractivity contribution in [2.24, 2.45) is 5.73 Å². The minimum atomic E-state index is -5.02. The van der Waals surface area contributed by atoms with Crippen LogP contribution in [0.3, 0.4) is 0 Å². The highest BCUT2D eigenvalue weighted by Gasteiger charge is 2.45. The summed E-state index contributed by atoms with van der Waals surface area (Å²) < 4.78 is 81.7. The summed E-state index contributed by atoms with van der Waals surface area (Å²) >= 11 is 0.757. The third-order valence-electron chi connectivity index (χ3n) is 9.53. The number of nitrogens with zero attached hydrogens (tertiary/aromatic N) is 6. The summed E-state index contributed by atoms with van der Waals surface area (Å²) in [4.78, 5) is 30.5. The van der Waals surface area contributed by atoms with Gasteiger partial charge in [0, 0.05) is 36.7 Å². The smallest absolute Gasteiger partial charge is 0.417 e. The molecule has 16 heteroatoms. The molecule has 3 saturated heterocycles. The second-order valence-corrected chi connectivity index (χ2v) is 13.2. The average Bonchev–Trinajstić information content (AvgIpc) is 3.69. The number of aromatic nitrogens is 3. The first kappa shape index (κ1) is 30.7.